The lowest BCUT2D eigenvalue weighted by molar-refractivity contribution is -0.115. The molecule has 3 heterocycles. The molecule has 7 heteroatoms. The van der Waals surface area contributed by atoms with Crippen molar-refractivity contribution in [3.05, 3.63) is 65.0 Å². The van der Waals surface area contributed by atoms with Gasteiger partial charge in [0.25, 0.3) is 0 Å². The number of nitrogens with zero attached hydrogens (tertiary/aromatic N) is 2. The largest absolute Gasteiger partial charge is 0.366 e. The number of anilines is 1. The molecule has 1 aliphatic rings. The average Bonchev–Trinajstić information content (AvgIpc) is 2.86. The zero-order valence-corrected chi connectivity index (χ0v) is 15.5. The molecule has 3 aromatic rings. The fourth-order valence-corrected chi connectivity index (χ4v) is 3.46. The van der Waals surface area contributed by atoms with Crippen LogP contribution in [0, 0.1) is 0 Å². The Kier molecular flexibility index (Phi) is 4.67. The summed E-state index contributed by atoms with van der Waals surface area (Å²) >= 11 is 0. The molecule has 1 aromatic carbocycles. The smallest absolute Gasteiger partial charge is 0.245 e. The number of primary amides is 1. The van der Waals surface area contributed by atoms with E-state index in [-0.39, 0.29) is 12.5 Å². The fraction of sp³-hybridized carbons (Fsp3) is 0.190. The summed E-state index contributed by atoms with van der Waals surface area (Å²) in [5, 5.41) is 6.93. The topological polar surface area (TPSA) is 102 Å². The minimum Gasteiger partial charge on any atom is -0.366 e. The van der Waals surface area contributed by atoms with Crippen molar-refractivity contribution < 1.29 is 9.59 Å². The highest BCUT2D eigenvalue weighted by Crippen LogP contribution is 2.22. The molecule has 0 fully saturated rings. The number of nitrogens with one attached hydrogen (secondary N) is 2. The number of para-hydroxylation sites is 1. The molecule has 28 heavy (non-hydrogen) atoms. The van der Waals surface area contributed by atoms with Crippen LogP contribution < -0.4 is 16.4 Å². The van der Waals surface area contributed by atoms with Crippen LogP contribution in [0.3, 0.4) is 0 Å². The lowest BCUT2D eigenvalue weighted by Crippen LogP contribution is -2.23. The minimum absolute atomic E-state index is 0.122. The number of hydrogen-bond acceptors (Lipinski definition) is 4. The van der Waals surface area contributed by atoms with Gasteiger partial charge in [-0.2, -0.15) is 0 Å². The van der Waals surface area contributed by atoms with Crippen LogP contribution in [0.25, 0.3) is 17.0 Å². The van der Waals surface area contributed by atoms with Gasteiger partial charge in [0, 0.05) is 48.6 Å². The van der Waals surface area contributed by atoms with Gasteiger partial charge in [-0.15, -0.1) is 0 Å². The van der Waals surface area contributed by atoms with Gasteiger partial charge in [0.15, 0.2) is 0 Å². The van der Waals surface area contributed by atoms with Gasteiger partial charge in [0.1, 0.15) is 5.82 Å². The van der Waals surface area contributed by atoms with Crippen molar-refractivity contribution in [3.63, 3.8) is 0 Å². The van der Waals surface area contributed by atoms with Crippen LogP contribution in [-0.4, -0.2) is 27.9 Å². The van der Waals surface area contributed by atoms with E-state index in [1.807, 2.05) is 37.4 Å². The van der Waals surface area contributed by atoms with Crippen molar-refractivity contribution in [3.8, 4) is 0 Å². The highest BCUT2D eigenvalue weighted by molar-refractivity contribution is 5.97. The third-order valence-corrected chi connectivity index (χ3v) is 4.93. The number of hydrogen-bond donors (Lipinski definition) is 3. The highest BCUT2D eigenvalue weighted by Gasteiger charge is 2.15. The second-order valence-corrected chi connectivity index (χ2v) is 6.89. The van der Waals surface area contributed by atoms with E-state index in [0.717, 1.165) is 27.7 Å². The van der Waals surface area contributed by atoms with Crippen molar-refractivity contribution in [2.24, 2.45) is 12.8 Å². The van der Waals surface area contributed by atoms with Gasteiger partial charge in [0.05, 0.1) is 6.54 Å². The van der Waals surface area contributed by atoms with Gasteiger partial charge in [-0.05, 0) is 35.2 Å². The number of carbonyl (C=O) groups is 2. The number of amides is 2. The van der Waals surface area contributed by atoms with Gasteiger partial charge in [-0.1, -0.05) is 18.2 Å². The third kappa shape index (κ3) is 3.52. The molecule has 0 radical (unpaired) electrons. The molecular formula is C21H21N5O2. The molecule has 0 aliphatic carbocycles. The molecule has 4 N–H and O–H groups in total. The summed E-state index contributed by atoms with van der Waals surface area (Å²) in [5.41, 5.74) is 9.90. The van der Waals surface area contributed by atoms with Crippen LogP contribution in [0.5, 0.6) is 0 Å². The standard InChI is InChI=1S/C21H21N5O2/c1-26-17(8-14-4-2-3-5-18(14)26)9-15(20(22)28)6-13-7-16-11-23-12-19(27)25-21(16)24-10-13/h2-8,10,23H,9,11-12H2,1H3,(H2,22,28)(H,24,25,27). The SMILES string of the molecule is Cn1c(CC(=Cc2cnc3c(c2)CNCC(=O)N3)C(N)=O)cc2ccccc21. The van der Waals surface area contributed by atoms with Crippen LogP contribution in [0.15, 0.2) is 48.2 Å². The first kappa shape index (κ1) is 17.9. The number of pyridine rings is 1. The first-order valence-corrected chi connectivity index (χ1v) is 9.04. The summed E-state index contributed by atoms with van der Waals surface area (Å²) in [6.07, 6.45) is 3.82. The molecule has 2 amide bonds. The van der Waals surface area contributed by atoms with Crippen molar-refractivity contribution in [2.75, 3.05) is 11.9 Å². The highest BCUT2D eigenvalue weighted by atomic mass is 16.2. The molecule has 2 aromatic heterocycles. The van der Waals surface area contributed by atoms with Crippen molar-refractivity contribution in [1.82, 2.24) is 14.9 Å². The molecule has 1 aliphatic heterocycles. The lowest BCUT2D eigenvalue weighted by Gasteiger charge is -2.09. The normalized spacial score (nSPS) is 14.5. The summed E-state index contributed by atoms with van der Waals surface area (Å²) in [7, 11) is 1.98. The third-order valence-electron chi connectivity index (χ3n) is 4.93. The van der Waals surface area contributed by atoms with Crippen molar-refractivity contribution in [2.45, 2.75) is 13.0 Å². The summed E-state index contributed by atoms with van der Waals surface area (Å²) in [6.45, 7) is 0.771. The zero-order valence-electron chi connectivity index (χ0n) is 15.5. The molecule has 0 unspecified atom stereocenters. The Morgan fingerprint density at radius 1 is 1.29 bits per heavy atom. The molecule has 142 valence electrons. The Morgan fingerprint density at radius 2 is 2.11 bits per heavy atom. The van der Waals surface area contributed by atoms with E-state index >= 15 is 0 Å². The molecule has 7 nitrogen and oxygen atoms in total. The van der Waals surface area contributed by atoms with E-state index in [1.165, 1.54) is 0 Å². The molecule has 0 saturated heterocycles. The van der Waals surface area contributed by atoms with Crippen LogP contribution in [-0.2, 0) is 29.6 Å². The second-order valence-electron chi connectivity index (χ2n) is 6.89. The number of fused-ring (bicyclic) bond motifs is 2. The summed E-state index contributed by atoms with van der Waals surface area (Å²) in [4.78, 5) is 28.0. The van der Waals surface area contributed by atoms with Crippen molar-refractivity contribution >= 4 is 34.6 Å². The Hall–Kier alpha value is -3.45. The Balaban J connectivity index is 1.67. The predicted molar refractivity (Wildman–Crippen MR) is 108 cm³/mol. The van der Waals surface area contributed by atoms with Crippen LogP contribution in [0.1, 0.15) is 16.8 Å². The van der Waals surface area contributed by atoms with E-state index in [1.54, 1.807) is 12.3 Å². The summed E-state index contributed by atoms with van der Waals surface area (Å²) in [5.74, 6) is -0.0452. The molecule has 0 atom stereocenters. The second kappa shape index (κ2) is 7.28. The molecule has 0 saturated carbocycles. The van der Waals surface area contributed by atoms with E-state index in [2.05, 4.69) is 26.3 Å². The maximum Gasteiger partial charge on any atom is 0.245 e. The van der Waals surface area contributed by atoms with E-state index < -0.39 is 5.91 Å². The van der Waals surface area contributed by atoms with Gasteiger partial charge >= 0.3 is 0 Å². The van der Waals surface area contributed by atoms with Crippen LogP contribution in [0.4, 0.5) is 5.82 Å². The van der Waals surface area contributed by atoms with Crippen LogP contribution in [0.2, 0.25) is 0 Å². The van der Waals surface area contributed by atoms with Crippen LogP contribution >= 0.6 is 0 Å². The van der Waals surface area contributed by atoms with Crippen molar-refractivity contribution in [1.29, 1.82) is 0 Å². The van der Waals surface area contributed by atoms with Gasteiger partial charge < -0.3 is 20.9 Å². The number of carbonyl (C=O) groups excluding carboxylic acids is 2. The Morgan fingerprint density at radius 3 is 2.89 bits per heavy atom. The van der Waals surface area contributed by atoms with Gasteiger partial charge in [0.2, 0.25) is 11.8 Å². The molecular weight excluding hydrogens is 354 g/mol. The Bertz CT molecular complexity index is 1110. The zero-order chi connectivity index (χ0) is 19.7. The summed E-state index contributed by atoms with van der Waals surface area (Å²) in [6, 6.07) is 12.1. The maximum absolute atomic E-state index is 12.1. The number of benzene rings is 1. The molecule has 0 bridgehead atoms. The minimum atomic E-state index is -0.466. The fourth-order valence-electron chi connectivity index (χ4n) is 3.46. The van der Waals surface area contributed by atoms with Gasteiger partial charge in [-0.25, -0.2) is 4.98 Å². The Labute approximate surface area is 162 Å². The number of rotatable bonds is 4. The predicted octanol–water partition coefficient (Wildman–Crippen LogP) is 1.73. The monoisotopic (exact) mass is 375 g/mol. The first-order valence-electron chi connectivity index (χ1n) is 9.04. The van der Waals surface area contributed by atoms with E-state index in [0.29, 0.717) is 24.4 Å². The maximum atomic E-state index is 12.1. The lowest BCUT2D eigenvalue weighted by atomic mass is 10.0. The molecule has 0 spiro atoms. The van der Waals surface area contributed by atoms with E-state index in [4.69, 9.17) is 5.73 Å². The molecule has 4 rings (SSSR count). The number of aromatic nitrogens is 2. The van der Waals surface area contributed by atoms with E-state index in [9.17, 15) is 9.59 Å². The first-order chi connectivity index (χ1) is 13.5. The number of aryl methyl sites for hydroxylation is 1. The number of nitrogens with two attached hydrogens (primary N) is 1. The average molecular weight is 375 g/mol. The quantitative estimate of drug-likeness (QED) is 0.604. The summed E-state index contributed by atoms with van der Waals surface area (Å²) < 4.78 is 2.07. The van der Waals surface area contributed by atoms with Gasteiger partial charge in [-0.3, -0.25) is 9.59 Å².